The molecule has 0 aliphatic heterocycles. The first-order chi connectivity index (χ1) is 14.4. The van der Waals surface area contributed by atoms with Gasteiger partial charge in [0.05, 0.1) is 34.0 Å². The van der Waals surface area contributed by atoms with Crippen LogP contribution in [0.25, 0.3) is 22.8 Å². The van der Waals surface area contributed by atoms with Crippen molar-refractivity contribution in [3.8, 4) is 5.69 Å². The van der Waals surface area contributed by atoms with E-state index in [9.17, 15) is 9.59 Å². The molecule has 8 heteroatoms. The minimum atomic E-state index is -0.993. The zero-order chi connectivity index (χ0) is 21.0. The Balaban J connectivity index is 1.46. The first kappa shape index (κ1) is 17.9. The third kappa shape index (κ3) is 2.77. The van der Waals surface area contributed by atoms with Crippen molar-refractivity contribution in [2.24, 2.45) is 0 Å². The lowest BCUT2D eigenvalue weighted by Gasteiger charge is -2.06. The molecule has 4 N–H and O–H groups in total. The summed E-state index contributed by atoms with van der Waals surface area (Å²) in [6, 6.07) is 10.4. The number of carboxylic acid groups (broad SMARTS) is 1. The third-order valence-electron chi connectivity index (χ3n) is 5.27. The van der Waals surface area contributed by atoms with Gasteiger partial charge >= 0.3 is 5.97 Å². The van der Waals surface area contributed by atoms with Gasteiger partial charge in [-0.25, -0.2) is 14.5 Å². The number of carbonyl (C=O) groups excluding carboxylic acids is 1. The Morgan fingerprint density at radius 2 is 2.03 bits per heavy atom. The summed E-state index contributed by atoms with van der Waals surface area (Å²) in [7, 11) is 0. The monoisotopic (exact) mass is 399 g/mol. The number of H-pyrrole nitrogens is 1. The van der Waals surface area contributed by atoms with Crippen LogP contribution in [0.4, 0.5) is 5.82 Å². The number of nitrogens with one attached hydrogen (secondary N) is 1. The van der Waals surface area contributed by atoms with Crippen LogP contribution in [-0.4, -0.2) is 36.6 Å². The number of aromatic carboxylic acids is 1. The molecule has 30 heavy (non-hydrogen) atoms. The Labute approximate surface area is 170 Å². The van der Waals surface area contributed by atoms with Gasteiger partial charge in [-0.15, -0.1) is 0 Å². The summed E-state index contributed by atoms with van der Waals surface area (Å²) < 4.78 is 1.52. The molecule has 2 heterocycles. The van der Waals surface area contributed by atoms with E-state index in [1.807, 2.05) is 25.1 Å². The van der Waals surface area contributed by atoms with Gasteiger partial charge in [0.25, 0.3) is 0 Å². The quantitative estimate of drug-likeness (QED) is 0.453. The van der Waals surface area contributed by atoms with E-state index < -0.39 is 5.97 Å². The smallest absolute Gasteiger partial charge is 0.335 e. The van der Waals surface area contributed by atoms with Gasteiger partial charge in [0.2, 0.25) is 0 Å². The molecular formula is C22H17N5O3. The molecule has 0 saturated carbocycles. The molecule has 148 valence electrons. The Bertz CT molecular complexity index is 1390. The van der Waals surface area contributed by atoms with Crippen molar-refractivity contribution < 1.29 is 14.7 Å². The first-order valence-electron chi connectivity index (χ1n) is 9.32. The predicted octanol–water partition coefficient (Wildman–Crippen LogP) is 3.16. The highest BCUT2D eigenvalue weighted by molar-refractivity contribution is 6.15. The second-order valence-corrected chi connectivity index (χ2v) is 7.27. The van der Waals surface area contributed by atoms with Crippen molar-refractivity contribution in [1.29, 1.82) is 0 Å². The largest absolute Gasteiger partial charge is 0.478 e. The average Bonchev–Trinajstić information content (AvgIpc) is 3.41. The fourth-order valence-corrected chi connectivity index (χ4v) is 3.79. The maximum Gasteiger partial charge on any atom is 0.335 e. The number of ketones is 1. The van der Waals surface area contributed by atoms with E-state index in [1.165, 1.54) is 16.9 Å². The number of aromatic nitrogens is 4. The van der Waals surface area contributed by atoms with Crippen molar-refractivity contribution in [3.05, 3.63) is 76.2 Å². The Morgan fingerprint density at radius 3 is 2.83 bits per heavy atom. The lowest BCUT2D eigenvalue weighted by atomic mass is 10.0. The fourth-order valence-electron chi connectivity index (χ4n) is 3.79. The van der Waals surface area contributed by atoms with Gasteiger partial charge in [-0.2, -0.15) is 5.10 Å². The lowest BCUT2D eigenvalue weighted by Crippen LogP contribution is -2.08. The van der Waals surface area contributed by atoms with Gasteiger partial charge in [0, 0.05) is 12.0 Å². The van der Waals surface area contributed by atoms with Crippen LogP contribution >= 0.6 is 0 Å². The molecule has 2 aromatic carbocycles. The van der Waals surface area contributed by atoms with Gasteiger partial charge < -0.3 is 15.8 Å². The normalized spacial score (nSPS) is 12.8. The van der Waals surface area contributed by atoms with E-state index in [1.54, 1.807) is 18.2 Å². The van der Waals surface area contributed by atoms with Crippen LogP contribution in [-0.2, 0) is 6.42 Å². The molecule has 0 atom stereocenters. The molecule has 8 nitrogen and oxygen atoms in total. The average molecular weight is 399 g/mol. The summed E-state index contributed by atoms with van der Waals surface area (Å²) in [5.41, 5.74) is 11.4. The van der Waals surface area contributed by atoms with Crippen LogP contribution in [0.3, 0.4) is 0 Å². The summed E-state index contributed by atoms with van der Waals surface area (Å²) in [5.74, 6) is -0.151. The van der Waals surface area contributed by atoms with E-state index in [2.05, 4.69) is 15.1 Å². The van der Waals surface area contributed by atoms with Gasteiger partial charge in [-0.3, -0.25) is 4.79 Å². The number of aryl methyl sites for hydroxylation is 1. The number of rotatable bonds is 4. The van der Waals surface area contributed by atoms with Crippen LogP contribution in [0, 0.1) is 6.92 Å². The minimum absolute atomic E-state index is 0.201. The number of aromatic amines is 1. The number of nitrogens with two attached hydrogens (primary N) is 1. The molecule has 1 aliphatic rings. The minimum Gasteiger partial charge on any atom is -0.478 e. The van der Waals surface area contributed by atoms with Crippen molar-refractivity contribution in [2.75, 3.05) is 5.73 Å². The number of hydrogen-bond donors (Lipinski definition) is 3. The topological polar surface area (TPSA) is 127 Å². The summed E-state index contributed by atoms with van der Waals surface area (Å²) in [4.78, 5) is 31.8. The van der Waals surface area contributed by atoms with E-state index >= 15 is 0 Å². The zero-order valence-electron chi connectivity index (χ0n) is 16.0. The molecular weight excluding hydrogens is 382 g/mol. The molecule has 0 radical (unpaired) electrons. The van der Waals surface area contributed by atoms with Crippen LogP contribution in [0.5, 0.6) is 0 Å². The molecule has 0 bridgehead atoms. The molecule has 2 aromatic heterocycles. The number of Topliss-reactive ketones (excluding diaryl/α,β-unsaturated/α-hetero) is 1. The Hall–Kier alpha value is -4.20. The first-order valence-corrected chi connectivity index (χ1v) is 9.32. The molecule has 5 rings (SSSR count). The Morgan fingerprint density at radius 1 is 1.20 bits per heavy atom. The SMILES string of the molecule is Cc1nc2ccc(-n3ncc(C(=O)C4=Cc5ccc(C(=O)O)cc5C4)c3N)cc2[nH]1. The van der Waals surface area contributed by atoms with Crippen LogP contribution in [0.2, 0.25) is 0 Å². The van der Waals surface area contributed by atoms with Crippen molar-refractivity contribution in [2.45, 2.75) is 13.3 Å². The number of fused-ring (bicyclic) bond motifs is 2. The number of allylic oxidation sites excluding steroid dienone is 1. The second kappa shape index (κ2) is 6.41. The predicted molar refractivity (Wildman–Crippen MR) is 112 cm³/mol. The zero-order valence-corrected chi connectivity index (χ0v) is 16.0. The maximum atomic E-state index is 13.1. The van der Waals surface area contributed by atoms with E-state index in [4.69, 9.17) is 10.8 Å². The van der Waals surface area contributed by atoms with E-state index in [-0.39, 0.29) is 17.2 Å². The standard InChI is InChI=1S/C22H17N5O3/c1-11-25-18-5-4-16(9-19(18)26-11)27-21(23)17(10-24-27)20(28)15-6-12-2-3-13(22(29)30)7-14(12)8-15/h2-7,9-10H,8,23H2,1H3,(H,25,26)(H,29,30). The number of benzene rings is 2. The fraction of sp³-hybridized carbons (Fsp3) is 0.0909. The molecule has 0 amide bonds. The third-order valence-corrected chi connectivity index (χ3v) is 5.27. The van der Waals surface area contributed by atoms with E-state index in [0.29, 0.717) is 17.6 Å². The summed E-state index contributed by atoms with van der Waals surface area (Å²) in [5, 5.41) is 13.5. The summed E-state index contributed by atoms with van der Waals surface area (Å²) in [6.45, 7) is 1.88. The molecule has 0 fully saturated rings. The number of imidazole rings is 1. The highest BCUT2D eigenvalue weighted by Gasteiger charge is 2.24. The van der Waals surface area contributed by atoms with Crippen LogP contribution in [0.1, 0.15) is 37.7 Å². The van der Waals surface area contributed by atoms with E-state index in [0.717, 1.165) is 33.7 Å². The molecule has 1 aliphatic carbocycles. The number of carboxylic acids is 1. The number of nitrogens with zero attached hydrogens (tertiary/aromatic N) is 3. The summed E-state index contributed by atoms with van der Waals surface area (Å²) in [6.07, 6.45) is 3.60. The molecule has 0 spiro atoms. The highest BCUT2D eigenvalue weighted by atomic mass is 16.4. The number of nitrogen functional groups attached to an aromatic ring is 1. The van der Waals surface area contributed by atoms with Crippen molar-refractivity contribution >= 4 is 34.7 Å². The number of carbonyl (C=O) groups is 2. The Kier molecular flexibility index (Phi) is 3.82. The van der Waals surface area contributed by atoms with Crippen LogP contribution in [0.15, 0.2) is 48.2 Å². The number of hydrogen-bond acceptors (Lipinski definition) is 5. The van der Waals surface area contributed by atoms with Gasteiger partial charge in [-0.05, 0) is 54.5 Å². The molecule has 0 unspecified atom stereocenters. The maximum absolute atomic E-state index is 13.1. The van der Waals surface area contributed by atoms with Gasteiger partial charge in [0.1, 0.15) is 11.6 Å². The van der Waals surface area contributed by atoms with Gasteiger partial charge in [-0.1, -0.05) is 6.07 Å². The highest BCUT2D eigenvalue weighted by Crippen LogP contribution is 2.30. The molecule has 4 aromatic rings. The van der Waals surface area contributed by atoms with Crippen molar-refractivity contribution in [3.63, 3.8) is 0 Å². The lowest BCUT2D eigenvalue weighted by molar-refractivity contribution is 0.0696. The number of anilines is 1. The molecule has 0 saturated heterocycles. The second-order valence-electron chi connectivity index (χ2n) is 7.27. The van der Waals surface area contributed by atoms with Crippen LogP contribution < -0.4 is 5.73 Å². The van der Waals surface area contributed by atoms with Gasteiger partial charge in [0.15, 0.2) is 5.78 Å². The van der Waals surface area contributed by atoms with Crippen molar-refractivity contribution in [1.82, 2.24) is 19.7 Å². The summed E-state index contributed by atoms with van der Waals surface area (Å²) >= 11 is 0.